The molecule has 3 rings (SSSR count). The molecule has 0 bridgehead atoms. The zero-order valence-electron chi connectivity index (χ0n) is 15.1. The number of aliphatic hydroxyl groups excluding tert-OH is 1. The molecule has 25 heavy (non-hydrogen) atoms. The molecule has 0 spiro atoms. The number of nitrogens with one attached hydrogen (secondary N) is 2. The van der Waals surface area contributed by atoms with Crippen LogP contribution in [0.3, 0.4) is 0 Å². The standard InChI is InChI=1S/C19H30N4O2/c1-19(14-24,16-6-7-16)22-18(25)21-13-15-8-9-20-17(12-15)23-10-4-2-3-5-11-23/h8-9,12,16,24H,2-7,10-11,13-14H2,1H3,(H2,21,22,25). The molecule has 6 nitrogen and oxygen atoms in total. The molecule has 2 aliphatic rings. The molecule has 138 valence electrons. The summed E-state index contributed by atoms with van der Waals surface area (Å²) in [6.45, 7) is 4.45. The van der Waals surface area contributed by atoms with Gasteiger partial charge in [0.2, 0.25) is 0 Å². The molecule has 0 aromatic carbocycles. The van der Waals surface area contributed by atoms with Gasteiger partial charge in [0.15, 0.2) is 0 Å². The van der Waals surface area contributed by atoms with Crippen molar-refractivity contribution in [3.8, 4) is 0 Å². The van der Waals surface area contributed by atoms with E-state index in [0.29, 0.717) is 12.5 Å². The molecular weight excluding hydrogens is 316 g/mol. The molecule has 0 radical (unpaired) electrons. The highest BCUT2D eigenvalue weighted by Crippen LogP contribution is 2.39. The van der Waals surface area contributed by atoms with Gasteiger partial charge in [0.25, 0.3) is 0 Å². The number of nitrogens with zero attached hydrogens (tertiary/aromatic N) is 2. The van der Waals surface area contributed by atoms with Crippen LogP contribution in [-0.4, -0.2) is 41.4 Å². The van der Waals surface area contributed by atoms with Crippen molar-refractivity contribution in [3.63, 3.8) is 0 Å². The highest BCUT2D eigenvalue weighted by molar-refractivity contribution is 5.75. The monoisotopic (exact) mass is 346 g/mol. The van der Waals surface area contributed by atoms with Crippen LogP contribution in [0.25, 0.3) is 0 Å². The SMILES string of the molecule is CC(CO)(NC(=O)NCc1ccnc(N2CCCCCC2)c1)C1CC1. The molecule has 1 saturated heterocycles. The van der Waals surface area contributed by atoms with Gasteiger partial charge in [-0.05, 0) is 56.2 Å². The third-order valence-electron chi connectivity index (χ3n) is 5.40. The van der Waals surface area contributed by atoms with Gasteiger partial charge in [0.1, 0.15) is 5.82 Å². The van der Waals surface area contributed by atoms with Crippen LogP contribution in [0, 0.1) is 5.92 Å². The summed E-state index contributed by atoms with van der Waals surface area (Å²) < 4.78 is 0. The molecule has 1 aliphatic carbocycles. The lowest BCUT2D eigenvalue weighted by Gasteiger charge is -2.28. The van der Waals surface area contributed by atoms with Crippen molar-refractivity contribution in [2.45, 2.75) is 57.5 Å². The maximum atomic E-state index is 12.2. The normalized spacial score (nSPS) is 20.5. The van der Waals surface area contributed by atoms with Crippen LogP contribution in [0.4, 0.5) is 10.6 Å². The second-order valence-electron chi connectivity index (χ2n) is 7.58. The van der Waals surface area contributed by atoms with Crippen LogP contribution in [0.1, 0.15) is 51.0 Å². The Kier molecular flexibility index (Phi) is 5.78. The summed E-state index contributed by atoms with van der Waals surface area (Å²) in [7, 11) is 0. The molecular formula is C19H30N4O2. The quantitative estimate of drug-likeness (QED) is 0.739. The molecule has 1 aromatic rings. The Hall–Kier alpha value is -1.82. The molecule has 6 heteroatoms. The third kappa shape index (κ3) is 4.84. The number of rotatable bonds is 6. The van der Waals surface area contributed by atoms with E-state index in [1.54, 1.807) is 0 Å². The zero-order chi connectivity index (χ0) is 17.7. The average Bonchev–Trinajstić information content (AvgIpc) is 3.47. The highest BCUT2D eigenvalue weighted by atomic mass is 16.3. The minimum absolute atomic E-state index is 0.0283. The summed E-state index contributed by atoms with van der Waals surface area (Å²) in [4.78, 5) is 19.0. The fourth-order valence-corrected chi connectivity index (χ4v) is 3.52. The van der Waals surface area contributed by atoms with E-state index in [-0.39, 0.29) is 12.6 Å². The minimum atomic E-state index is -0.514. The van der Waals surface area contributed by atoms with Gasteiger partial charge in [0.05, 0.1) is 12.1 Å². The molecule has 1 aromatic heterocycles. The molecule has 2 heterocycles. The van der Waals surface area contributed by atoms with Gasteiger partial charge in [-0.15, -0.1) is 0 Å². The first kappa shape index (κ1) is 18.0. The van der Waals surface area contributed by atoms with Crippen LogP contribution >= 0.6 is 0 Å². The second kappa shape index (κ2) is 8.04. The Morgan fingerprint density at radius 3 is 2.68 bits per heavy atom. The van der Waals surface area contributed by atoms with Gasteiger partial charge in [-0.1, -0.05) is 12.8 Å². The molecule has 2 amide bonds. The number of carbonyl (C=O) groups excluding carboxylic acids is 1. The van der Waals surface area contributed by atoms with Crippen molar-refractivity contribution in [2.75, 3.05) is 24.6 Å². The van der Waals surface area contributed by atoms with Crippen molar-refractivity contribution in [2.24, 2.45) is 5.92 Å². The fourth-order valence-electron chi connectivity index (χ4n) is 3.52. The number of urea groups is 1. The van der Waals surface area contributed by atoms with E-state index >= 15 is 0 Å². The van der Waals surface area contributed by atoms with Crippen molar-refractivity contribution in [3.05, 3.63) is 23.9 Å². The molecule has 3 N–H and O–H groups in total. The van der Waals surface area contributed by atoms with Crippen LogP contribution in [0.15, 0.2) is 18.3 Å². The van der Waals surface area contributed by atoms with E-state index in [0.717, 1.165) is 37.3 Å². The Bertz CT molecular complexity index is 583. The van der Waals surface area contributed by atoms with E-state index in [2.05, 4.69) is 26.6 Å². The molecule has 1 saturated carbocycles. The van der Waals surface area contributed by atoms with Gasteiger partial charge in [0, 0.05) is 25.8 Å². The Labute approximate surface area is 150 Å². The predicted molar refractivity (Wildman–Crippen MR) is 98.5 cm³/mol. The van der Waals surface area contributed by atoms with E-state index in [1.165, 1.54) is 25.7 Å². The smallest absolute Gasteiger partial charge is 0.315 e. The van der Waals surface area contributed by atoms with Crippen molar-refractivity contribution in [1.82, 2.24) is 15.6 Å². The van der Waals surface area contributed by atoms with E-state index in [4.69, 9.17) is 0 Å². The number of aromatic nitrogens is 1. The summed E-state index contributed by atoms with van der Waals surface area (Å²) in [5.41, 5.74) is 0.529. The predicted octanol–water partition coefficient (Wildman–Crippen LogP) is 2.42. The van der Waals surface area contributed by atoms with Gasteiger partial charge in [-0.3, -0.25) is 0 Å². The van der Waals surface area contributed by atoms with Crippen molar-refractivity contribution in [1.29, 1.82) is 0 Å². The number of amides is 2. The highest BCUT2D eigenvalue weighted by Gasteiger charge is 2.42. The first-order valence-corrected chi connectivity index (χ1v) is 9.47. The first-order chi connectivity index (χ1) is 12.1. The summed E-state index contributed by atoms with van der Waals surface area (Å²) >= 11 is 0. The molecule has 1 atom stereocenters. The molecule has 1 unspecified atom stereocenters. The first-order valence-electron chi connectivity index (χ1n) is 9.47. The average molecular weight is 346 g/mol. The van der Waals surface area contributed by atoms with Gasteiger partial charge < -0.3 is 20.6 Å². The zero-order valence-corrected chi connectivity index (χ0v) is 15.1. The number of carbonyl (C=O) groups is 1. The fraction of sp³-hybridized carbons (Fsp3) is 0.684. The number of aliphatic hydroxyl groups is 1. The number of hydrogen-bond acceptors (Lipinski definition) is 4. The maximum absolute atomic E-state index is 12.2. The van der Waals surface area contributed by atoms with E-state index in [9.17, 15) is 9.90 Å². The Morgan fingerprint density at radius 2 is 2.04 bits per heavy atom. The number of pyridine rings is 1. The van der Waals surface area contributed by atoms with Gasteiger partial charge in [-0.25, -0.2) is 9.78 Å². The van der Waals surface area contributed by atoms with Crippen molar-refractivity contribution < 1.29 is 9.90 Å². The van der Waals surface area contributed by atoms with Crippen LogP contribution in [0.2, 0.25) is 0 Å². The van der Waals surface area contributed by atoms with E-state index < -0.39 is 5.54 Å². The topological polar surface area (TPSA) is 77.5 Å². The summed E-state index contributed by atoms with van der Waals surface area (Å²) in [6.07, 6.45) is 8.98. The number of hydrogen-bond donors (Lipinski definition) is 3. The van der Waals surface area contributed by atoms with Crippen molar-refractivity contribution >= 4 is 11.8 Å². The summed E-state index contributed by atoms with van der Waals surface area (Å²) in [6, 6.07) is 3.78. The minimum Gasteiger partial charge on any atom is -0.394 e. The van der Waals surface area contributed by atoms with Gasteiger partial charge >= 0.3 is 6.03 Å². The Morgan fingerprint density at radius 1 is 1.32 bits per heavy atom. The number of anilines is 1. The van der Waals surface area contributed by atoms with E-state index in [1.807, 2.05) is 19.2 Å². The van der Waals surface area contributed by atoms with Crippen LogP contribution < -0.4 is 15.5 Å². The lowest BCUT2D eigenvalue weighted by atomic mass is 9.97. The van der Waals surface area contributed by atoms with Gasteiger partial charge in [-0.2, -0.15) is 0 Å². The summed E-state index contributed by atoms with van der Waals surface area (Å²) in [5.74, 6) is 1.39. The molecule has 2 fully saturated rings. The lowest BCUT2D eigenvalue weighted by Crippen LogP contribution is -2.53. The largest absolute Gasteiger partial charge is 0.394 e. The lowest BCUT2D eigenvalue weighted by molar-refractivity contribution is 0.155. The maximum Gasteiger partial charge on any atom is 0.315 e. The Balaban J connectivity index is 1.54. The second-order valence-corrected chi connectivity index (χ2v) is 7.58. The third-order valence-corrected chi connectivity index (χ3v) is 5.40. The van der Waals surface area contributed by atoms with Crippen LogP contribution in [-0.2, 0) is 6.54 Å². The summed E-state index contributed by atoms with van der Waals surface area (Å²) in [5, 5.41) is 15.4. The van der Waals surface area contributed by atoms with Crippen LogP contribution in [0.5, 0.6) is 0 Å². The molecule has 1 aliphatic heterocycles.